The van der Waals surface area contributed by atoms with E-state index < -0.39 is 29.4 Å². The van der Waals surface area contributed by atoms with Gasteiger partial charge in [0.2, 0.25) is 5.60 Å². The number of methoxy groups -OCH3 is 1. The molecule has 1 unspecified atom stereocenters. The second kappa shape index (κ2) is 8.03. The van der Waals surface area contributed by atoms with Gasteiger partial charge in [-0.15, -0.1) is 0 Å². The fraction of sp³-hybridized carbons (Fsp3) is 0.438. The van der Waals surface area contributed by atoms with Crippen LogP contribution < -0.4 is 10.6 Å². The molecule has 1 aliphatic heterocycles. The predicted octanol–water partition coefficient (Wildman–Crippen LogP) is 2.16. The van der Waals surface area contributed by atoms with E-state index in [9.17, 15) is 14.4 Å². The van der Waals surface area contributed by atoms with Gasteiger partial charge in [-0.05, 0) is 25.1 Å². The summed E-state index contributed by atoms with van der Waals surface area (Å²) in [6.07, 6.45) is 0.216. The number of carbonyl (C=O) groups is 3. The number of ether oxygens (including phenoxy) is 2. The molecular formula is C16H18Cl2N2O5. The molecule has 0 aromatic heterocycles. The van der Waals surface area contributed by atoms with Crippen molar-refractivity contribution in [3.63, 3.8) is 0 Å². The van der Waals surface area contributed by atoms with Crippen molar-refractivity contribution < 1.29 is 23.9 Å². The number of esters is 1. The maximum Gasteiger partial charge on any atom is 0.307 e. The first kappa shape index (κ1) is 19.5. The van der Waals surface area contributed by atoms with Crippen LogP contribution in [0.3, 0.4) is 0 Å². The van der Waals surface area contributed by atoms with Crippen LogP contribution in [-0.2, 0) is 23.9 Å². The third kappa shape index (κ3) is 4.62. The first-order chi connectivity index (χ1) is 11.8. The van der Waals surface area contributed by atoms with E-state index in [4.69, 9.17) is 27.9 Å². The molecule has 0 radical (unpaired) electrons. The zero-order valence-corrected chi connectivity index (χ0v) is 15.2. The van der Waals surface area contributed by atoms with Gasteiger partial charge in [-0.1, -0.05) is 23.2 Å². The molecule has 1 aliphatic rings. The summed E-state index contributed by atoms with van der Waals surface area (Å²) in [6.45, 7) is 1.92. The van der Waals surface area contributed by atoms with Crippen LogP contribution in [0.4, 0.5) is 5.69 Å². The summed E-state index contributed by atoms with van der Waals surface area (Å²) in [5.41, 5.74) is -1.29. The van der Waals surface area contributed by atoms with Crippen molar-refractivity contribution in [1.29, 1.82) is 0 Å². The van der Waals surface area contributed by atoms with Gasteiger partial charge in [0, 0.05) is 28.2 Å². The van der Waals surface area contributed by atoms with Crippen LogP contribution in [0.25, 0.3) is 0 Å². The van der Waals surface area contributed by atoms with E-state index in [2.05, 4.69) is 15.4 Å². The molecule has 0 bridgehead atoms. The molecule has 1 saturated heterocycles. The van der Waals surface area contributed by atoms with Crippen LogP contribution in [0, 0.1) is 0 Å². The van der Waals surface area contributed by atoms with E-state index in [1.165, 1.54) is 25.3 Å². The molecule has 1 heterocycles. The highest BCUT2D eigenvalue weighted by molar-refractivity contribution is 6.35. The molecule has 136 valence electrons. The summed E-state index contributed by atoms with van der Waals surface area (Å²) in [6, 6.07) is 4.04. The Bertz CT molecular complexity index is 671. The Morgan fingerprint density at radius 3 is 2.32 bits per heavy atom. The monoisotopic (exact) mass is 388 g/mol. The molecule has 1 aromatic rings. The molecule has 25 heavy (non-hydrogen) atoms. The summed E-state index contributed by atoms with van der Waals surface area (Å²) in [5, 5.41) is 5.89. The van der Waals surface area contributed by atoms with Crippen LogP contribution in [0.15, 0.2) is 18.2 Å². The molecule has 0 spiro atoms. The lowest BCUT2D eigenvalue weighted by molar-refractivity contribution is -0.182. The van der Waals surface area contributed by atoms with Gasteiger partial charge in [-0.2, -0.15) is 0 Å². The van der Waals surface area contributed by atoms with Crippen LogP contribution in [0.5, 0.6) is 0 Å². The topological polar surface area (TPSA) is 93.7 Å². The lowest BCUT2D eigenvalue weighted by Gasteiger charge is -2.39. The molecular weight excluding hydrogens is 371 g/mol. The molecule has 1 aromatic carbocycles. The summed E-state index contributed by atoms with van der Waals surface area (Å²) < 4.78 is 9.85. The minimum absolute atomic E-state index is 0.0101. The van der Waals surface area contributed by atoms with E-state index in [-0.39, 0.29) is 19.4 Å². The summed E-state index contributed by atoms with van der Waals surface area (Å²) >= 11 is 11.8. The first-order valence-corrected chi connectivity index (χ1v) is 8.31. The second-order valence-electron chi connectivity index (χ2n) is 5.69. The van der Waals surface area contributed by atoms with Crippen molar-refractivity contribution in [2.24, 2.45) is 0 Å². The average Bonchev–Trinajstić information content (AvgIpc) is 2.44. The Labute approximate surface area is 154 Å². The van der Waals surface area contributed by atoms with E-state index in [0.29, 0.717) is 15.7 Å². The Balaban J connectivity index is 2.06. The highest BCUT2D eigenvalue weighted by Crippen LogP contribution is 2.30. The SMILES string of the molecule is COC(=O)C[C@H](C)NC(=O)C1(C(=O)Nc2cc(Cl)cc(Cl)c2)CCO1. The van der Waals surface area contributed by atoms with Gasteiger partial charge in [-0.3, -0.25) is 14.4 Å². The van der Waals surface area contributed by atoms with Gasteiger partial charge in [0.05, 0.1) is 20.1 Å². The van der Waals surface area contributed by atoms with Gasteiger partial charge in [0.1, 0.15) is 0 Å². The maximum atomic E-state index is 12.6. The largest absolute Gasteiger partial charge is 0.469 e. The molecule has 0 saturated carbocycles. The van der Waals surface area contributed by atoms with Crippen molar-refractivity contribution in [2.75, 3.05) is 19.0 Å². The van der Waals surface area contributed by atoms with Gasteiger partial charge in [0.15, 0.2) is 0 Å². The third-order valence-corrected chi connectivity index (χ3v) is 4.17. The number of amides is 2. The fourth-order valence-electron chi connectivity index (χ4n) is 2.35. The molecule has 2 N–H and O–H groups in total. The number of benzene rings is 1. The maximum absolute atomic E-state index is 12.6. The molecule has 2 atom stereocenters. The zero-order valence-electron chi connectivity index (χ0n) is 13.7. The van der Waals surface area contributed by atoms with Gasteiger partial charge in [-0.25, -0.2) is 0 Å². The Hall–Kier alpha value is -1.83. The van der Waals surface area contributed by atoms with Crippen LogP contribution in [0.2, 0.25) is 10.0 Å². The number of hydrogen-bond acceptors (Lipinski definition) is 5. The Morgan fingerprint density at radius 2 is 1.84 bits per heavy atom. The molecule has 0 aliphatic carbocycles. The van der Waals surface area contributed by atoms with Crippen molar-refractivity contribution in [1.82, 2.24) is 5.32 Å². The standard InChI is InChI=1S/C16H18Cl2N2O5/c1-9(5-13(21)24-2)19-14(22)16(3-4-25-16)15(23)20-12-7-10(17)6-11(18)8-12/h6-9H,3-5H2,1-2H3,(H,19,22)(H,20,23)/t9-,16?/m0/s1. The average molecular weight is 389 g/mol. The van der Waals surface area contributed by atoms with E-state index in [1.54, 1.807) is 6.92 Å². The smallest absolute Gasteiger partial charge is 0.307 e. The lowest BCUT2D eigenvalue weighted by Crippen LogP contribution is -2.64. The summed E-state index contributed by atoms with van der Waals surface area (Å²) in [5.74, 6) is -1.70. The summed E-state index contributed by atoms with van der Waals surface area (Å²) in [7, 11) is 1.26. The number of carbonyl (C=O) groups excluding carboxylic acids is 3. The molecule has 2 rings (SSSR count). The molecule has 1 fully saturated rings. The highest BCUT2D eigenvalue weighted by Gasteiger charge is 2.53. The Morgan fingerprint density at radius 1 is 1.24 bits per heavy atom. The zero-order chi connectivity index (χ0) is 18.6. The number of nitrogens with one attached hydrogen (secondary N) is 2. The molecule has 2 amide bonds. The number of hydrogen-bond donors (Lipinski definition) is 2. The van der Waals surface area contributed by atoms with Crippen LogP contribution >= 0.6 is 23.2 Å². The van der Waals surface area contributed by atoms with Crippen molar-refractivity contribution in [3.05, 3.63) is 28.2 Å². The third-order valence-electron chi connectivity index (χ3n) is 3.73. The lowest BCUT2D eigenvalue weighted by atomic mass is 9.91. The van der Waals surface area contributed by atoms with Crippen LogP contribution in [-0.4, -0.2) is 43.1 Å². The number of rotatable bonds is 6. The predicted molar refractivity (Wildman–Crippen MR) is 92.6 cm³/mol. The quantitative estimate of drug-likeness (QED) is 0.575. The first-order valence-electron chi connectivity index (χ1n) is 7.56. The van der Waals surface area contributed by atoms with Crippen molar-refractivity contribution >= 4 is 46.7 Å². The van der Waals surface area contributed by atoms with Crippen LogP contribution in [0.1, 0.15) is 19.8 Å². The Kier molecular flexibility index (Phi) is 6.26. The van der Waals surface area contributed by atoms with E-state index >= 15 is 0 Å². The van der Waals surface area contributed by atoms with Crippen molar-refractivity contribution in [3.8, 4) is 0 Å². The fourth-order valence-corrected chi connectivity index (χ4v) is 2.88. The number of anilines is 1. The van der Waals surface area contributed by atoms with E-state index in [1.807, 2.05) is 0 Å². The van der Waals surface area contributed by atoms with Gasteiger partial charge in [0.25, 0.3) is 11.8 Å². The van der Waals surface area contributed by atoms with Gasteiger partial charge < -0.3 is 20.1 Å². The number of halogens is 2. The highest BCUT2D eigenvalue weighted by atomic mass is 35.5. The van der Waals surface area contributed by atoms with Gasteiger partial charge >= 0.3 is 5.97 Å². The normalized spacial score (nSPS) is 20.2. The van der Waals surface area contributed by atoms with Crippen molar-refractivity contribution in [2.45, 2.75) is 31.4 Å². The summed E-state index contributed by atoms with van der Waals surface area (Å²) in [4.78, 5) is 36.3. The minimum Gasteiger partial charge on any atom is -0.469 e. The molecule has 9 heteroatoms. The second-order valence-corrected chi connectivity index (χ2v) is 6.57. The minimum atomic E-state index is -1.64. The molecule has 7 nitrogen and oxygen atoms in total. The van der Waals surface area contributed by atoms with E-state index in [0.717, 1.165) is 0 Å².